The number of hydrogen-bond donors (Lipinski definition) is 0. The first-order valence-corrected chi connectivity index (χ1v) is 7.51. The SMILES string of the molecule is Cc1cc(Cl)c(C)nc1-n1c(=O)c(Cl)c(C(C)(F)F)n(C(F)F)c1=O. The molecule has 0 N–H and O–H groups in total. The van der Waals surface area contributed by atoms with Crippen LogP contribution in [0.5, 0.6) is 0 Å². The molecule has 2 rings (SSSR count). The number of halogens is 6. The summed E-state index contributed by atoms with van der Waals surface area (Å²) < 4.78 is 53.6. The average molecular weight is 400 g/mol. The smallest absolute Gasteiger partial charge is 0.267 e. The van der Waals surface area contributed by atoms with Crippen LogP contribution in [-0.2, 0) is 5.92 Å². The average Bonchev–Trinajstić information content (AvgIpc) is 2.46. The highest BCUT2D eigenvalue weighted by atomic mass is 35.5. The topological polar surface area (TPSA) is 56.9 Å². The Balaban J connectivity index is 3.04. The zero-order chi connectivity index (χ0) is 19.3. The van der Waals surface area contributed by atoms with E-state index in [1.807, 2.05) is 0 Å². The Bertz CT molecular complexity index is 965. The molecule has 0 aromatic carbocycles. The summed E-state index contributed by atoms with van der Waals surface area (Å²) in [6, 6.07) is 1.36. The summed E-state index contributed by atoms with van der Waals surface area (Å²) in [5.74, 6) is -4.26. The van der Waals surface area contributed by atoms with E-state index in [-0.39, 0.29) is 33.6 Å². The van der Waals surface area contributed by atoms with Gasteiger partial charge in [0, 0.05) is 6.92 Å². The van der Waals surface area contributed by atoms with Crippen molar-refractivity contribution in [3.63, 3.8) is 0 Å². The first kappa shape index (κ1) is 19.5. The molecule has 0 aliphatic heterocycles. The van der Waals surface area contributed by atoms with Crippen LogP contribution in [0.4, 0.5) is 17.6 Å². The lowest BCUT2D eigenvalue weighted by atomic mass is 10.2. The van der Waals surface area contributed by atoms with E-state index in [0.717, 1.165) is 0 Å². The van der Waals surface area contributed by atoms with E-state index in [1.165, 1.54) is 19.9 Å². The number of aromatic nitrogens is 3. The minimum absolute atomic E-state index is 0.197. The van der Waals surface area contributed by atoms with Gasteiger partial charge in [0.1, 0.15) is 16.5 Å². The van der Waals surface area contributed by atoms with Crippen LogP contribution >= 0.6 is 23.2 Å². The van der Waals surface area contributed by atoms with Gasteiger partial charge in [-0.15, -0.1) is 0 Å². The van der Waals surface area contributed by atoms with Crippen LogP contribution in [0.25, 0.3) is 5.82 Å². The Morgan fingerprint density at radius 2 is 1.76 bits per heavy atom. The molecule has 5 nitrogen and oxygen atoms in total. The summed E-state index contributed by atoms with van der Waals surface area (Å²) in [6.45, 7) is -0.515. The lowest BCUT2D eigenvalue weighted by Gasteiger charge is -2.20. The minimum atomic E-state index is -3.94. The monoisotopic (exact) mass is 399 g/mol. The number of pyridine rings is 1. The van der Waals surface area contributed by atoms with Crippen molar-refractivity contribution in [1.82, 2.24) is 14.1 Å². The molecule has 0 aliphatic rings. The molecule has 0 aliphatic carbocycles. The zero-order valence-corrected chi connectivity index (χ0v) is 14.6. The first-order valence-electron chi connectivity index (χ1n) is 6.75. The van der Waals surface area contributed by atoms with Crippen molar-refractivity contribution < 1.29 is 17.6 Å². The van der Waals surface area contributed by atoms with Crippen molar-refractivity contribution in [3.8, 4) is 5.82 Å². The van der Waals surface area contributed by atoms with Gasteiger partial charge in [0.25, 0.3) is 11.5 Å². The molecular weight excluding hydrogens is 389 g/mol. The molecule has 0 atom stereocenters. The molecule has 0 unspecified atom stereocenters. The molecule has 2 heterocycles. The van der Waals surface area contributed by atoms with Crippen LogP contribution in [0.2, 0.25) is 10.0 Å². The maximum absolute atomic E-state index is 13.7. The van der Waals surface area contributed by atoms with Gasteiger partial charge in [0.05, 0.1) is 10.7 Å². The van der Waals surface area contributed by atoms with E-state index in [1.54, 1.807) is 0 Å². The van der Waals surface area contributed by atoms with E-state index < -0.39 is 39.0 Å². The fraction of sp³-hybridized carbons (Fsp3) is 0.357. The summed E-state index contributed by atoms with van der Waals surface area (Å²) >= 11 is 11.5. The van der Waals surface area contributed by atoms with Crippen molar-refractivity contribution in [3.05, 3.63) is 53.9 Å². The third-order valence-electron chi connectivity index (χ3n) is 3.38. The highest BCUT2D eigenvalue weighted by molar-refractivity contribution is 6.31. The number of rotatable bonds is 3. The van der Waals surface area contributed by atoms with E-state index in [0.29, 0.717) is 0 Å². The summed E-state index contributed by atoms with van der Waals surface area (Å²) in [4.78, 5) is 28.7. The Morgan fingerprint density at radius 1 is 1.20 bits per heavy atom. The van der Waals surface area contributed by atoms with Gasteiger partial charge in [-0.2, -0.15) is 17.6 Å². The van der Waals surface area contributed by atoms with E-state index in [4.69, 9.17) is 23.2 Å². The Kier molecular flexibility index (Phi) is 5.02. The standard InChI is InChI=1S/C14H11Cl2F4N3O2/c1-5-4-7(15)6(2)21-10(5)23-11(24)8(16)9(14(3,19)20)22(12(17)18)13(23)25/h4,12H,1-3H3. The van der Waals surface area contributed by atoms with E-state index in [2.05, 4.69) is 4.98 Å². The summed E-state index contributed by atoms with van der Waals surface area (Å²) in [5, 5.41) is -0.979. The maximum atomic E-state index is 13.7. The highest BCUT2D eigenvalue weighted by Gasteiger charge is 2.37. The van der Waals surface area contributed by atoms with Crippen molar-refractivity contribution >= 4 is 23.2 Å². The van der Waals surface area contributed by atoms with Crippen LogP contribution in [0.15, 0.2) is 15.7 Å². The maximum Gasteiger partial charge on any atom is 0.341 e. The van der Waals surface area contributed by atoms with Crippen LogP contribution < -0.4 is 11.2 Å². The zero-order valence-electron chi connectivity index (χ0n) is 13.1. The molecule has 0 spiro atoms. The summed E-state index contributed by atoms with van der Waals surface area (Å²) in [7, 11) is 0. The quantitative estimate of drug-likeness (QED) is 0.737. The van der Waals surface area contributed by atoms with Crippen LogP contribution in [0.1, 0.15) is 30.4 Å². The number of nitrogens with zero attached hydrogens (tertiary/aromatic N) is 3. The molecule has 25 heavy (non-hydrogen) atoms. The normalized spacial score (nSPS) is 12.1. The summed E-state index contributed by atoms with van der Waals surface area (Å²) in [5.41, 5.74) is -4.21. The number of alkyl halides is 4. The Hall–Kier alpha value is -1.87. The fourth-order valence-corrected chi connectivity index (χ4v) is 2.80. The number of hydrogen-bond acceptors (Lipinski definition) is 3. The van der Waals surface area contributed by atoms with Crippen molar-refractivity contribution in [2.75, 3.05) is 0 Å². The Labute approximate surface area is 148 Å². The molecule has 0 saturated carbocycles. The molecule has 136 valence electrons. The molecular formula is C14H11Cl2F4N3O2. The summed E-state index contributed by atoms with van der Waals surface area (Å²) in [6.07, 6.45) is 0. The van der Waals surface area contributed by atoms with Gasteiger partial charge in [0.15, 0.2) is 0 Å². The molecule has 2 aromatic rings. The van der Waals surface area contributed by atoms with Gasteiger partial charge < -0.3 is 0 Å². The van der Waals surface area contributed by atoms with Crippen molar-refractivity contribution in [2.45, 2.75) is 33.2 Å². The second kappa shape index (κ2) is 6.45. The largest absolute Gasteiger partial charge is 0.341 e. The molecule has 2 aromatic heterocycles. The van der Waals surface area contributed by atoms with E-state index >= 15 is 0 Å². The Morgan fingerprint density at radius 3 is 2.24 bits per heavy atom. The lowest BCUT2D eigenvalue weighted by molar-refractivity contribution is -0.0156. The number of aryl methyl sites for hydroxylation is 2. The first-order chi connectivity index (χ1) is 11.4. The van der Waals surface area contributed by atoms with Gasteiger partial charge in [0.2, 0.25) is 0 Å². The van der Waals surface area contributed by atoms with Gasteiger partial charge in [-0.05, 0) is 25.5 Å². The second-order valence-electron chi connectivity index (χ2n) is 5.32. The molecule has 0 saturated heterocycles. The lowest BCUT2D eigenvalue weighted by Crippen LogP contribution is -2.44. The fourth-order valence-electron chi connectivity index (χ4n) is 2.25. The van der Waals surface area contributed by atoms with Gasteiger partial charge in [-0.25, -0.2) is 18.9 Å². The van der Waals surface area contributed by atoms with Gasteiger partial charge >= 0.3 is 12.2 Å². The molecule has 0 bridgehead atoms. The van der Waals surface area contributed by atoms with E-state index in [9.17, 15) is 27.2 Å². The van der Waals surface area contributed by atoms with Crippen LogP contribution in [-0.4, -0.2) is 14.1 Å². The van der Waals surface area contributed by atoms with Crippen molar-refractivity contribution in [1.29, 1.82) is 0 Å². The third kappa shape index (κ3) is 3.30. The molecule has 0 fully saturated rings. The van der Waals surface area contributed by atoms with Crippen LogP contribution in [0.3, 0.4) is 0 Å². The van der Waals surface area contributed by atoms with Gasteiger partial charge in [-0.3, -0.25) is 4.79 Å². The molecule has 0 radical (unpaired) electrons. The van der Waals surface area contributed by atoms with Crippen molar-refractivity contribution in [2.24, 2.45) is 0 Å². The predicted octanol–water partition coefficient (Wildman–Crippen LogP) is 3.82. The minimum Gasteiger partial charge on any atom is -0.267 e. The third-order valence-corrected chi connectivity index (χ3v) is 4.10. The predicted molar refractivity (Wildman–Crippen MR) is 84.4 cm³/mol. The molecule has 11 heteroatoms. The second-order valence-corrected chi connectivity index (χ2v) is 6.10. The van der Waals surface area contributed by atoms with Gasteiger partial charge in [-0.1, -0.05) is 23.2 Å². The highest BCUT2D eigenvalue weighted by Crippen LogP contribution is 2.32. The van der Waals surface area contributed by atoms with Crippen LogP contribution in [0, 0.1) is 13.8 Å². The molecule has 0 amide bonds.